The van der Waals surface area contributed by atoms with Crippen LogP contribution < -0.4 is 10.6 Å². The monoisotopic (exact) mass is 294 g/mol. The van der Waals surface area contributed by atoms with Crippen molar-refractivity contribution in [3.63, 3.8) is 0 Å². The molecule has 2 N–H and O–H groups in total. The number of carbonyl (C=O) groups excluding carboxylic acids is 1. The standard InChI is InChI=1S/C16H23ClN2O/c1-3-6-16(7-9-18-10-8-16)15(20)19-13-5-4-12(2)14(17)11-13/h4-5,11,18H,3,6-10H2,1-2H3,(H,19,20). The zero-order valence-corrected chi connectivity index (χ0v) is 13.0. The molecule has 1 saturated heterocycles. The predicted molar refractivity (Wildman–Crippen MR) is 84.3 cm³/mol. The lowest BCUT2D eigenvalue weighted by Gasteiger charge is -2.36. The molecule has 1 aromatic carbocycles. The molecule has 1 aliphatic heterocycles. The highest BCUT2D eigenvalue weighted by molar-refractivity contribution is 6.31. The van der Waals surface area contributed by atoms with Gasteiger partial charge in [-0.25, -0.2) is 0 Å². The number of hydrogen-bond acceptors (Lipinski definition) is 2. The van der Waals surface area contributed by atoms with Crippen LogP contribution in [0.3, 0.4) is 0 Å². The summed E-state index contributed by atoms with van der Waals surface area (Å²) in [6.45, 7) is 5.93. The number of benzene rings is 1. The summed E-state index contributed by atoms with van der Waals surface area (Å²) in [6.07, 6.45) is 3.79. The molecule has 0 atom stereocenters. The third-order valence-electron chi connectivity index (χ3n) is 4.20. The molecule has 1 amide bonds. The minimum Gasteiger partial charge on any atom is -0.326 e. The third-order valence-corrected chi connectivity index (χ3v) is 4.61. The Morgan fingerprint density at radius 2 is 2.10 bits per heavy atom. The van der Waals surface area contributed by atoms with E-state index in [1.807, 2.05) is 25.1 Å². The molecular weight excluding hydrogens is 272 g/mol. The summed E-state index contributed by atoms with van der Waals surface area (Å²) in [5.74, 6) is 0.140. The minimum atomic E-state index is -0.225. The van der Waals surface area contributed by atoms with Crippen molar-refractivity contribution in [3.8, 4) is 0 Å². The molecule has 0 saturated carbocycles. The zero-order chi connectivity index (χ0) is 14.6. The smallest absolute Gasteiger partial charge is 0.230 e. The summed E-state index contributed by atoms with van der Waals surface area (Å²) in [5, 5.41) is 7.08. The van der Waals surface area contributed by atoms with Crippen molar-refractivity contribution in [2.45, 2.75) is 39.5 Å². The molecule has 2 rings (SSSR count). The highest BCUT2D eigenvalue weighted by Gasteiger charge is 2.38. The fourth-order valence-electron chi connectivity index (χ4n) is 2.91. The second-order valence-corrected chi connectivity index (χ2v) is 6.11. The van der Waals surface area contributed by atoms with E-state index in [-0.39, 0.29) is 11.3 Å². The van der Waals surface area contributed by atoms with Crippen LogP contribution in [0.1, 0.15) is 38.2 Å². The summed E-state index contributed by atoms with van der Waals surface area (Å²) in [5.41, 5.74) is 1.59. The fraction of sp³-hybridized carbons (Fsp3) is 0.562. The lowest BCUT2D eigenvalue weighted by Crippen LogP contribution is -2.44. The molecule has 3 nitrogen and oxygen atoms in total. The maximum atomic E-state index is 12.7. The first-order chi connectivity index (χ1) is 9.57. The SMILES string of the molecule is CCCC1(C(=O)Nc2ccc(C)c(Cl)c2)CCNCC1. The van der Waals surface area contributed by atoms with Crippen LogP contribution in [0.5, 0.6) is 0 Å². The molecule has 1 aliphatic rings. The topological polar surface area (TPSA) is 41.1 Å². The molecule has 1 aromatic rings. The summed E-state index contributed by atoms with van der Waals surface area (Å²) in [6, 6.07) is 5.68. The van der Waals surface area contributed by atoms with E-state index in [0.29, 0.717) is 5.02 Å². The van der Waals surface area contributed by atoms with Crippen molar-refractivity contribution in [1.29, 1.82) is 0 Å². The van der Waals surface area contributed by atoms with E-state index in [1.54, 1.807) is 0 Å². The summed E-state index contributed by atoms with van der Waals surface area (Å²) >= 11 is 6.12. The number of piperidine rings is 1. The third kappa shape index (κ3) is 3.33. The quantitative estimate of drug-likeness (QED) is 0.888. The fourth-order valence-corrected chi connectivity index (χ4v) is 3.09. The van der Waals surface area contributed by atoms with Gasteiger partial charge in [-0.2, -0.15) is 0 Å². The Balaban J connectivity index is 2.13. The first-order valence-corrected chi connectivity index (χ1v) is 7.73. The van der Waals surface area contributed by atoms with Crippen molar-refractivity contribution >= 4 is 23.2 Å². The van der Waals surface area contributed by atoms with Crippen LogP contribution in [0.25, 0.3) is 0 Å². The van der Waals surface area contributed by atoms with Crippen LogP contribution in [0.15, 0.2) is 18.2 Å². The van der Waals surface area contributed by atoms with Crippen molar-refractivity contribution in [2.24, 2.45) is 5.41 Å². The van der Waals surface area contributed by atoms with Gasteiger partial charge in [0, 0.05) is 10.7 Å². The van der Waals surface area contributed by atoms with E-state index in [1.165, 1.54) is 0 Å². The van der Waals surface area contributed by atoms with Crippen LogP contribution in [0.4, 0.5) is 5.69 Å². The molecule has 0 bridgehead atoms. The lowest BCUT2D eigenvalue weighted by molar-refractivity contribution is -0.127. The van der Waals surface area contributed by atoms with E-state index in [9.17, 15) is 4.79 Å². The largest absolute Gasteiger partial charge is 0.326 e. The first-order valence-electron chi connectivity index (χ1n) is 7.36. The number of carbonyl (C=O) groups is 1. The van der Waals surface area contributed by atoms with Crippen molar-refractivity contribution in [3.05, 3.63) is 28.8 Å². The molecule has 20 heavy (non-hydrogen) atoms. The maximum absolute atomic E-state index is 12.7. The molecule has 110 valence electrons. The van der Waals surface area contributed by atoms with Crippen LogP contribution in [-0.2, 0) is 4.79 Å². The molecular formula is C16H23ClN2O. The van der Waals surface area contributed by atoms with Crippen LogP contribution in [0, 0.1) is 12.3 Å². The van der Waals surface area contributed by atoms with Gasteiger partial charge >= 0.3 is 0 Å². The molecule has 0 aliphatic carbocycles. The second kappa shape index (κ2) is 6.59. The van der Waals surface area contributed by atoms with Crippen LogP contribution >= 0.6 is 11.6 Å². The van der Waals surface area contributed by atoms with Gasteiger partial charge < -0.3 is 10.6 Å². The maximum Gasteiger partial charge on any atom is 0.230 e. The van der Waals surface area contributed by atoms with E-state index >= 15 is 0 Å². The Morgan fingerprint density at radius 3 is 2.70 bits per heavy atom. The van der Waals surface area contributed by atoms with Crippen LogP contribution in [0.2, 0.25) is 5.02 Å². The number of amides is 1. The van der Waals surface area contributed by atoms with Gasteiger partial charge in [0.15, 0.2) is 0 Å². The normalized spacial score (nSPS) is 17.8. The minimum absolute atomic E-state index is 0.140. The van der Waals surface area contributed by atoms with E-state index in [4.69, 9.17) is 11.6 Å². The van der Waals surface area contributed by atoms with Crippen molar-refractivity contribution < 1.29 is 4.79 Å². The average molecular weight is 295 g/mol. The van der Waals surface area contributed by atoms with Gasteiger partial charge in [0.25, 0.3) is 0 Å². The number of hydrogen-bond donors (Lipinski definition) is 2. The molecule has 0 spiro atoms. The summed E-state index contributed by atoms with van der Waals surface area (Å²) in [7, 11) is 0. The zero-order valence-electron chi connectivity index (χ0n) is 12.3. The predicted octanol–water partition coefficient (Wildman–Crippen LogP) is 3.76. The molecule has 4 heteroatoms. The van der Waals surface area contributed by atoms with E-state index < -0.39 is 0 Å². The Morgan fingerprint density at radius 1 is 1.40 bits per heavy atom. The molecule has 1 fully saturated rings. The van der Waals surface area contributed by atoms with Gasteiger partial charge in [-0.3, -0.25) is 4.79 Å². The number of nitrogens with one attached hydrogen (secondary N) is 2. The van der Waals surface area contributed by atoms with Crippen molar-refractivity contribution in [1.82, 2.24) is 5.32 Å². The lowest BCUT2D eigenvalue weighted by atomic mass is 9.74. The number of halogens is 1. The first kappa shape index (κ1) is 15.3. The average Bonchev–Trinajstić information content (AvgIpc) is 2.44. The molecule has 1 heterocycles. The molecule has 0 unspecified atom stereocenters. The van der Waals surface area contributed by atoms with Gasteiger partial charge in [0.1, 0.15) is 0 Å². The molecule has 0 aromatic heterocycles. The van der Waals surface area contributed by atoms with Gasteiger partial charge in [0.05, 0.1) is 5.41 Å². The molecule has 0 radical (unpaired) electrons. The van der Waals surface area contributed by atoms with Gasteiger partial charge in [-0.1, -0.05) is 31.0 Å². The number of aryl methyl sites for hydroxylation is 1. The highest BCUT2D eigenvalue weighted by atomic mass is 35.5. The Kier molecular flexibility index (Phi) is 5.06. The van der Waals surface area contributed by atoms with Crippen molar-refractivity contribution in [2.75, 3.05) is 18.4 Å². The van der Waals surface area contributed by atoms with E-state index in [2.05, 4.69) is 17.6 Å². The van der Waals surface area contributed by atoms with Gasteiger partial charge in [-0.05, 0) is 57.0 Å². The summed E-state index contributed by atoms with van der Waals surface area (Å²) in [4.78, 5) is 12.7. The Labute approximate surface area is 126 Å². The van der Waals surface area contributed by atoms with Gasteiger partial charge in [0.2, 0.25) is 5.91 Å². The second-order valence-electron chi connectivity index (χ2n) is 5.70. The van der Waals surface area contributed by atoms with Crippen LogP contribution in [-0.4, -0.2) is 19.0 Å². The van der Waals surface area contributed by atoms with Gasteiger partial charge in [-0.15, -0.1) is 0 Å². The highest BCUT2D eigenvalue weighted by Crippen LogP contribution is 2.35. The number of rotatable bonds is 4. The summed E-state index contributed by atoms with van der Waals surface area (Å²) < 4.78 is 0. The number of anilines is 1. The Bertz CT molecular complexity index is 476. The Hall–Kier alpha value is -1.06. The van der Waals surface area contributed by atoms with E-state index in [0.717, 1.165) is 50.0 Å².